The molecule has 1 fully saturated rings. The van der Waals surface area contributed by atoms with E-state index in [1.807, 2.05) is 0 Å². The van der Waals surface area contributed by atoms with Crippen molar-refractivity contribution in [3.8, 4) is 0 Å². The molecule has 0 radical (unpaired) electrons. The highest BCUT2D eigenvalue weighted by Crippen LogP contribution is 2.24. The predicted molar refractivity (Wildman–Crippen MR) is 59.9 cm³/mol. The molecule has 0 bridgehead atoms. The van der Waals surface area contributed by atoms with E-state index in [4.69, 9.17) is 5.73 Å². The number of likely N-dealkylation sites (N-methyl/N-ethyl adjacent to an activating group) is 1. The zero-order chi connectivity index (χ0) is 12.6. The third kappa shape index (κ3) is 1.93. The third-order valence-corrected chi connectivity index (χ3v) is 2.71. The van der Waals surface area contributed by atoms with Gasteiger partial charge in [-0.1, -0.05) is 6.07 Å². The number of nitrogens with two attached hydrogens (primary N) is 1. The van der Waals surface area contributed by atoms with Crippen LogP contribution >= 0.6 is 0 Å². The molecule has 0 aromatic heterocycles. The standard InChI is InChI=1S/C11H12FN3O2/c1-14-6-9(10(13)16)15(11(14)17)8-4-2-3-7(12)5-8/h2-5,9H,6H2,1H3,(H2,13,16). The van der Waals surface area contributed by atoms with Crippen molar-refractivity contribution in [1.82, 2.24) is 4.90 Å². The highest BCUT2D eigenvalue weighted by Gasteiger charge is 2.39. The Balaban J connectivity index is 2.41. The predicted octanol–water partition coefficient (Wildman–Crippen LogP) is 0.551. The number of amides is 3. The van der Waals surface area contributed by atoms with Crippen molar-refractivity contribution in [1.29, 1.82) is 0 Å². The van der Waals surface area contributed by atoms with E-state index in [-0.39, 0.29) is 12.6 Å². The Hall–Kier alpha value is -2.11. The highest BCUT2D eigenvalue weighted by molar-refractivity contribution is 6.02. The number of benzene rings is 1. The molecule has 1 unspecified atom stereocenters. The molecule has 0 aliphatic carbocycles. The Bertz CT molecular complexity index is 478. The number of hydrogen-bond acceptors (Lipinski definition) is 2. The largest absolute Gasteiger partial charge is 0.368 e. The minimum atomic E-state index is -0.755. The minimum absolute atomic E-state index is 0.213. The number of urea groups is 1. The summed E-state index contributed by atoms with van der Waals surface area (Å²) in [6.45, 7) is 0.213. The molecule has 2 N–H and O–H groups in total. The van der Waals surface area contributed by atoms with Crippen LogP contribution in [0.2, 0.25) is 0 Å². The highest BCUT2D eigenvalue weighted by atomic mass is 19.1. The summed E-state index contributed by atoms with van der Waals surface area (Å²) in [5.41, 5.74) is 5.57. The van der Waals surface area contributed by atoms with Crippen LogP contribution in [0.1, 0.15) is 0 Å². The van der Waals surface area contributed by atoms with Crippen LogP contribution in [0.4, 0.5) is 14.9 Å². The number of carbonyl (C=O) groups is 2. The van der Waals surface area contributed by atoms with E-state index in [0.29, 0.717) is 5.69 Å². The van der Waals surface area contributed by atoms with E-state index >= 15 is 0 Å². The molecule has 1 aromatic rings. The van der Waals surface area contributed by atoms with Gasteiger partial charge in [0.25, 0.3) is 0 Å². The van der Waals surface area contributed by atoms with Crippen molar-refractivity contribution in [2.75, 3.05) is 18.5 Å². The first kappa shape index (κ1) is 11.4. The van der Waals surface area contributed by atoms with Gasteiger partial charge in [0.15, 0.2) is 0 Å². The number of rotatable bonds is 2. The van der Waals surface area contributed by atoms with Crippen molar-refractivity contribution in [2.24, 2.45) is 5.73 Å². The van der Waals surface area contributed by atoms with Crippen molar-refractivity contribution in [3.05, 3.63) is 30.1 Å². The number of anilines is 1. The minimum Gasteiger partial charge on any atom is -0.368 e. The first-order valence-electron chi connectivity index (χ1n) is 5.10. The normalized spacial score (nSPS) is 19.9. The summed E-state index contributed by atoms with van der Waals surface area (Å²) >= 11 is 0. The molecule has 3 amide bonds. The maximum absolute atomic E-state index is 13.1. The SMILES string of the molecule is CN1CC(C(N)=O)N(c2cccc(F)c2)C1=O. The smallest absolute Gasteiger partial charge is 0.325 e. The second-order valence-corrected chi connectivity index (χ2v) is 3.93. The van der Waals surface area contributed by atoms with E-state index in [9.17, 15) is 14.0 Å². The van der Waals surface area contributed by atoms with Crippen molar-refractivity contribution < 1.29 is 14.0 Å². The van der Waals surface area contributed by atoms with Crippen molar-refractivity contribution in [2.45, 2.75) is 6.04 Å². The van der Waals surface area contributed by atoms with Crippen molar-refractivity contribution in [3.63, 3.8) is 0 Å². The average Bonchev–Trinajstić information content (AvgIpc) is 2.56. The maximum atomic E-state index is 13.1. The summed E-state index contributed by atoms with van der Waals surface area (Å²) < 4.78 is 13.1. The number of carbonyl (C=O) groups excluding carboxylic acids is 2. The average molecular weight is 237 g/mol. The van der Waals surface area contributed by atoms with E-state index < -0.39 is 17.8 Å². The van der Waals surface area contributed by atoms with Crippen LogP contribution in [0.5, 0.6) is 0 Å². The van der Waals surface area contributed by atoms with Gasteiger partial charge in [-0.25, -0.2) is 9.18 Å². The van der Waals surface area contributed by atoms with Crippen LogP contribution in [-0.4, -0.2) is 36.5 Å². The molecule has 1 aliphatic rings. The van der Waals surface area contributed by atoms with E-state index in [2.05, 4.69) is 0 Å². The zero-order valence-electron chi connectivity index (χ0n) is 9.26. The topological polar surface area (TPSA) is 66.6 Å². The number of hydrogen-bond donors (Lipinski definition) is 1. The Morgan fingerprint density at radius 2 is 2.24 bits per heavy atom. The number of primary amides is 1. The van der Waals surface area contributed by atoms with Gasteiger partial charge in [0.05, 0.1) is 6.54 Å². The van der Waals surface area contributed by atoms with Crippen LogP contribution in [0.3, 0.4) is 0 Å². The molecule has 17 heavy (non-hydrogen) atoms. The summed E-state index contributed by atoms with van der Waals surface area (Å²) in [5.74, 6) is -1.07. The molecule has 0 spiro atoms. The molecule has 2 rings (SSSR count). The lowest BCUT2D eigenvalue weighted by Gasteiger charge is -2.20. The summed E-state index contributed by atoms with van der Waals surface area (Å²) in [7, 11) is 1.57. The van der Waals surface area contributed by atoms with Gasteiger partial charge >= 0.3 is 6.03 Å². The Labute approximate surface area is 97.6 Å². The fourth-order valence-electron chi connectivity index (χ4n) is 1.87. The Morgan fingerprint density at radius 3 is 2.82 bits per heavy atom. The lowest BCUT2D eigenvalue weighted by atomic mass is 10.2. The second kappa shape index (κ2) is 4.04. The van der Waals surface area contributed by atoms with E-state index in [0.717, 1.165) is 0 Å². The lowest BCUT2D eigenvalue weighted by Crippen LogP contribution is -2.43. The van der Waals surface area contributed by atoms with Crippen LogP contribution in [-0.2, 0) is 4.79 Å². The van der Waals surface area contributed by atoms with Gasteiger partial charge in [-0.05, 0) is 18.2 Å². The second-order valence-electron chi connectivity index (χ2n) is 3.93. The summed E-state index contributed by atoms with van der Waals surface area (Å²) in [6, 6.07) is 4.40. The molecule has 1 atom stereocenters. The summed E-state index contributed by atoms with van der Waals surface area (Å²) in [5, 5.41) is 0. The van der Waals surface area contributed by atoms with Crippen LogP contribution in [0, 0.1) is 5.82 Å². The lowest BCUT2D eigenvalue weighted by molar-refractivity contribution is -0.118. The molecule has 0 saturated carbocycles. The summed E-state index contributed by atoms with van der Waals surface area (Å²) in [6.07, 6.45) is 0. The first-order chi connectivity index (χ1) is 8.00. The molecule has 1 heterocycles. The molecule has 1 aromatic carbocycles. The van der Waals surface area contributed by atoms with Crippen molar-refractivity contribution >= 4 is 17.6 Å². The zero-order valence-corrected chi connectivity index (χ0v) is 9.26. The van der Waals surface area contributed by atoms with Crippen LogP contribution in [0.25, 0.3) is 0 Å². The monoisotopic (exact) mass is 237 g/mol. The van der Waals surface area contributed by atoms with Gasteiger partial charge < -0.3 is 10.6 Å². The van der Waals surface area contributed by atoms with Gasteiger partial charge in [-0.2, -0.15) is 0 Å². The van der Waals surface area contributed by atoms with Gasteiger partial charge in [-0.15, -0.1) is 0 Å². The third-order valence-electron chi connectivity index (χ3n) is 2.71. The first-order valence-corrected chi connectivity index (χ1v) is 5.10. The van der Waals surface area contributed by atoms with Gasteiger partial charge in [0.1, 0.15) is 11.9 Å². The van der Waals surface area contributed by atoms with Gasteiger partial charge in [0, 0.05) is 12.7 Å². The van der Waals surface area contributed by atoms with E-state index in [1.165, 1.54) is 28.0 Å². The molecule has 1 saturated heterocycles. The fourth-order valence-corrected chi connectivity index (χ4v) is 1.87. The molecular weight excluding hydrogens is 225 g/mol. The Kier molecular flexibility index (Phi) is 2.71. The van der Waals surface area contributed by atoms with E-state index in [1.54, 1.807) is 13.1 Å². The molecule has 5 nitrogen and oxygen atoms in total. The van der Waals surface area contributed by atoms with Gasteiger partial charge in [0.2, 0.25) is 5.91 Å². The molecule has 90 valence electrons. The quantitative estimate of drug-likeness (QED) is 0.816. The molecular formula is C11H12FN3O2. The molecule has 1 aliphatic heterocycles. The van der Waals surface area contributed by atoms with Crippen LogP contribution < -0.4 is 10.6 Å². The fraction of sp³-hybridized carbons (Fsp3) is 0.273. The van der Waals surface area contributed by atoms with Gasteiger partial charge in [-0.3, -0.25) is 9.69 Å². The number of nitrogens with zero attached hydrogens (tertiary/aromatic N) is 2. The summed E-state index contributed by atoms with van der Waals surface area (Å²) in [4.78, 5) is 25.7. The number of halogens is 1. The Morgan fingerprint density at radius 1 is 1.53 bits per heavy atom. The molecule has 6 heteroatoms. The maximum Gasteiger partial charge on any atom is 0.325 e. The van der Waals surface area contributed by atoms with Crippen LogP contribution in [0.15, 0.2) is 24.3 Å².